The molecule has 1 aliphatic carbocycles. The van der Waals surface area contributed by atoms with Crippen LogP contribution in [0.15, 0.2) is 18.2 Å². The number of hydrogen-bond donors (Lipinski definition) is 2. The predicted octanol–water partition coefficient (Wildman–Crippen LogP) is 3.45. The van der Waals surface area contributed by atoms with Gasteiger partial charge in [0.25, 0.3) is 0 Å². The summed E-state index contributed by atoms with van der Waals surface area (Å²) >= 11 is 11.7. The molecule has 1 aliphatic rings. The number of halogens is 2. The van der Waals surface area contributed by atoms with Crippen LogP contribution >= 0.6 is 23.2 Å². The molecular formula is C13H16Cl2N2O. The number of carbonyl (C=O) groups excluding carboxylic acids is 1. The lowest BCUT2D eigenvalue weighted by Crippen LogP contribution is -2.32. The summed E-state index contributed by atoms with van der Waals surface area (Å²) < 4.78 is 0. The van der Waals surface area contributed by atoms with E-state index in [4.69, 9.17) is 28.9 Å². The minimum atomic E-state index is 0.0419. The van der Waals surface area contributed by atoms with Crippen LogP contribution in [0.1, 0.15) is 25.7 Å². The number of benzene rings is 1. The minimum absolute atomic E-state index is 0.0419. The Bertz CT molecular complexity index is 443. The molecule has 0 bridgehead atoms. The molecule has 0 aliphatic heterocycles. The van der Waals surface area contributed by atoms with Crippen LogP contribution in [0.2, 0.25) is 10.0 Å². The van der Waals surface area contributed by atoms with Crippen LogP contribution in [-0.4, -0.2) is 11.9 Å². The van der Waals surface area contributed by atoms with Crippen molar-refractivity contribution in [1.82, 2.24) is 0 Å². The lowest BCUT2D eigenvalue weighted by molar-refractivity contribution is -0.120. The smallest absolute Gasteiger partial charge is 0.227 e. The fraction of sp³-hybridized carbons (Fsp3) is 0.462. The molecule has 1 aromatic carbocycles. The average Bonchev–Trinajstić information content (AvgIpc) is 2.34. The van der Waals surface area contributed by atoms with E-state index >= 15 is 0 Å². The van der Waals surface area contributed by atoms with Crippen LogP contribution < -0.4 is 11.1 Å². The van der Waals surface area contributed by atoms with Gasteiger partial charge in [-0.1, -0.05) is 23.2 Å². The van der Waals surface area contributed by atoms with Crippen molar-refractivity contribution in [3.63, 3.8) is 0 Å². The van der Waals surface area contributed by atoms with Crippen LogP contribution in [0.3, 0.4) is 0 Å². The lowest BCUT2D eigenvalue weighted by atomic mass is 9.86. The maximum Gasteiger partial charge on any atom is 0.227 e. The Kier molecular flexibility index (Phi) is 4.49. The quantitative estimate of drug-likeness (QED) is 0.875. The topological polar surface area (TPSA) is 55.1 Å². The number of carbonyl (C=O) groups is 1. The van der Waals surface area contributed by atoms with Gasteiger partial charge in [0.2, 0.25) is 5.91 Å². The number of amides is 1. The molecule has 0 unspecified atom stereocenters. The minimum Gasteiger partial charge on any atom is -0.328 e. The number of nitrogens with two attached hydrogens (primary N) is 1. The van der Waals surface area contributed by atoms with Crippen molar-refractivity contribution in [1.29, 1.82) is 0 Å². The first-order chi connectivity index (χ1) is 8.56. The fourth-order valence-corrected chi connectivity index (χ4v) is 2.50. The van der Waals surface area contributed by atoms with Crippen LogP contribution in [0, 0.1) is 5.92 Å². The van der Waals surface area contributed by atoms with Gasteiger partial charge in [-0.15, -0.1) is 0 Å². The van der Waals surface area contributed by atoms with E-state index < -0.39 is 0 Å². The van der Waals surface area contributed by atoms with Gasteiger partial charge < -0.3 is 11.1 Å². The first-order valence-electron chi connectivity index (χ1n) is 6.08. The molecule has 1 fully saturated rings. The van der Waals surface area contributed by atoms with Gasteiger partial charge >= 0.3 is 0 Å². The molecule has 0 aromatic heterocycles. The van der Waals surface area contributed by atoms with Gasteiger partial charge in [0.15, 0.2) is 0 Å². The van der Waals surface area contributed by atoms with Gasteiger partial charge in [0.1, 0.15) is 0 Å². The Labute approximate surface area is 117 Å². The molecule has 0 atom stereocenters. The Morgan fingerprint density at radius 1 is 1.17 bits per heavy atom. The molecule has 98 valence electrons. The third-order valence-electron chi connectivity index (χ3n) is 3.33. The number of rotatable bonds is 2. The van der Waals surface area contributed by atoms with E-state index in [-0.39, 0.29) is 17.9 Å². The van der Waals surface area contributed by atoms with Gasteiger partial charge in [0, 0.05) is 17.6 Å². The molecule has 2 rings (SSSR count). The molecule has 0 saturated heterocycles. The summed E-state index contributed by atoms with van der Waals surface area (Å²) in [6, 6.07) is 5.34. The Balaban J connectivity index is 1.96. The van der Waals surface area contributed by atoms with E-state index in [2.05, 4.69) is 5.32 Å². The molecule has 1 saturated carbocycles. The highest BCUT2D eigenvalue weighted by atomic mass is 35.5. The second-order valence-electron chi connectivity index (χ2n) is 4.73. The van der Waals surface area contributed by atoms with E-state index in [0.717, 1.165) is 25.7 Å². The molecule has 5 heteroatoms. The monoisotopic (exact) mass is 286 g/mol. The summed E-state index contributed by atoms with van der Waals surface area (Å²) in [6.07, 6.45) is 3.54. The zero-order valence-corrected chi connectivity index (χ0v) is 11.5. The van der Waals surface area contributed by atoms with E-state index in [0.29, 0.717) is 15.7 Å². The maximum atomic E-state index is 12.0. The fourth-order valence-electron chi connectivity index (χ4n) is 2.20. The average molecular weight is 287 g/mol. The summed E-state index contributed by atoms with van der Waals surface area (Å²) in [4.78, 5) is 12.0. The van der Waals surface area contributed by atoms with Crippen molar-refractivity contribution >= 4 is 34.8 Å². The van der Waals surface area contributed by atoms with Crippen molar-refractivity contribution in [2.45, 2.75) is 31.7 Å². The Morgan fingerprint density at radius 3 is 2.44 bits per heavy atom. The Hall–Kier alpha value is -0.770. The Morgan fingerprint density at radius 2 is 1.83 bits per heavy atom. The SMILES string of the molecule is NC1CCC(C(=O)Nc2ccc(Cl)c(Cl)c2)CC1. The zero-order valence-electron chi connectivity index (χ0n) is 9.96. The summed E-state index contributed by atoms with van der Waals surface area (Å²) in [5.74, 6) is 0.0968. The third-order valence-corrected chi connectivity index (χ3v) is 4.07. The zero-order chi connectivity index (χ0) is 13.1. The molecule has 0 heterocycles. The lowest BCUT2D eigenvalue weighted by Gasteiger charge is -2.25. The van der Waals surface area contributed by atoms with E-state index in [1.54, 1.807) is 18.2 Å². The summed E-state index contributed by atoms with van der Waals surface area (Å²) in [6.45, 7) is 0. The van der Waals surface area contributed by atoms with Crippen LogP contribution in [-0.2, 0) is 4.79 Å². The van der Waals surface area contributed by atoms with E-state index in [1.165, 1.54) is 0 Å². The van der Waals surface area contributed by atoms with Gasteiger partial charge in [-0.25, -0.2) is 0 Å². The van der Waals surface area contributed by atoms with Crippen LogP contribution in [0.5, 0.6) is 0 Å². The first-order valence-corrected chi connectivity index (χ1v) is 6.83. The van der Waals surface area contributed by atoms with Gasteiger partial charge in [0.05, 0.1) is 10.0 Å². The number of anilines is 1. The van der Waals surface area contributed by atoms with Gasteiger partial charge in [-0.3, -0.25) is 4.79 Å². The molecule has 0 radical (unpaired) electrons. The molecule has 0 spiro atoms. The standard InChI is InChI=1S/C13H16Cl2N2O/c14-11-6-5-10(7-12(11)15)17-13(18)8-1-3-9(16)4-2-8/h5-9H,1-4,16H2,(H,17,18). The van der Waals surface area contributed by atoms with E-state index in [1.807, 2.05) is 0 Å². The maximum absolute atomic E-state index is 12.0. The van der Waals surface area contributed by atoms with Crippen molar-refractivity contribution in [2.24, 2.45) is 11.7 Å². The third kappa shape index (κ3) is 3.37. The number of hydrogen-bond acceptors (Lipinski definition) is 2. The van der Waals surface area contributed by atoms with Crippen molar-refractivity contribution < 1.29 is 4.79 Å². The molecular weight excluding hydrogens is 271 g/mol. The van der Waals surface area contributed by atoms with Crippen molar-refractivity contribution in [2.75, 3.05) is 5.32 Å². The van der Waals surface area contributed by atoms with Crippen molar-refractivity contribution in [3.05, 3.63) is 28.2 Å². The normalized spacial score (nSPS) is 23.7. The molecule has 3 N–H and O–H groups in total. The highest BCUT2D eigenvalue weighted by Crippen LogP contribution is 2.27. The van der Waals surface area contributed by atoms with Crippen LogP contribution in [0.25, 0.3) is 0 Å². The van der Waals surface area contributed by atoms with Crippen LogP contribution in [0.4, 0.5) is 5.69 Å². The molecule has 1 amide bonds. The second-order valence-corrected chi connectivity index (χ2v) is 5.54. The second kappa shape index (κ2) is 5.91. The molecule has 3 nitrogen and oxygen atoms in total. The van der Waals surface area contributed by atoms with Gasteiger partial charge in [-0.05, 0) is 43.9 Å². The highest BCUT2D eigenvalue weighted by Gasteiger charge is 2.24. The summed E-state index contributed by atoms with van der Waals surface area (Å²) in [5.41, 5.74) is 6.51. The number of nitrogens with one attached hydrogen (secondary N) is 1. The molecule has 1 aromatic rings. The predicted molar refractivity (Wildman–Crippen MR) is 75.0 cm³/mol. The van der Waals surface area contributed by atoms with E-state index in [9.17, 15) is 4.79 Å². The summed E-state index contributed by atoms with van der Waals surface area (Å²) in [5, 5.41) is 3.80. The summed E-state index contributed by atoms with van der Waals surface area (Å²) in [7, 11) is 0. The molecule has 18 heavy (non-hydrogen) atoms. The largest absolute Gasteiger partial charge is 0.328 e. The van der Waals surface area contributed by atoms with Crippen molar-refractivity contribution in [3.8, 4) is 0 Å². The van der Waals surface area contributed by atoms with Gasteiger partial charge in [-0.2, -0.15) is 0 Å². The highest BCUT2D eigenvalue weighted by molar-refractivity contribution is 6.42. The first kappa shape index (κ1) is 13.7.